The van der Waals surface area contributed by atoms with Crippen LogP contribution in [0.4, 0.5) is 0 Å². The van der Waals surface area contributed by atoms with E-state index in [-0.39, 0.29) is 0 Å². The summed E-state index contributed by atoms with van der Waals surface area (Å²) in [5.41, 5.74) is 7.78. The van der Waals surface area contributed by atoms with Gasteiger partial charge in [0.05, 0.1) is 13.2 Å². The molecule has 1 aliphatic rings. The molecule has 0 bridgehead atoms. The minimum atomic E-state index is 0.317. The maximum atomic E-state index is 5.00. The Hall–Kier alpha value is -0.740. The summed E-state index contributed by atoms with van der Waals surface area (Å²) in [7, 11) is 1.71. The zero-order valence-corrected chi connectivity index (χ0v) is 9.55. The molecule has 0 radical (unpaired) electrons. The number of rotatable bonds is 4. The Kier molecular flexibility index (Phi) is 3.77. The van der Waals surface area contributed by atoms with Crippen LogP contribution in [-0.2, 0) is 4.74 Å². The van der Waals surface area contributed by atoms with Gasteiger partial charge in [-0.15, -0.1) is 5.53 Å². The van der Waals surface area contributed by atoms with Gasteiger partial charge in [0.1, 0.15) is 0 Å². The molecular formula is C10H21N3O. The van der Waals surface area contributed by atoms with E-state index in [9.17, 15) is 0 Å². The average Bonchev–Trinajstić information content (AvgIpc) is 2.46. The molecule has 1 heterocycles. The SMILES string of the molecule is COCCN1C=C(CC(C)(C)C)NN1. The summed E-state index contributed by atoms with van der Waals surface area (Å²) in [4.78, 5) is 0. The third-order valence-electron chi connectivity index (χ3n) is 1.93. The normalized spacial score (nSPS) is 16.9. The second kappa shape index (κ2) is 4.66. The van der Waals surface area contributed by atoms with Gasteiger partial charge in [-0.2, -0.15) is 0 Å². The maximum absolute atomic E-state index is 5.00. The molecule has 0 amide bonds. The number of hydrogen-bond donors (Lipinski definition) is 2. The number of ether oxygens (including phenoxy) is 1. The van der Waals surface area contributed by atoms with E-state index in [1.165, 1.54) is 5.70 Å². The van der Waals surface area contributed by atoms with E-state index in [4.69, 9.17) is 4.74 Å². The maximum Gasteiger partial charge on any atom is 0.0654 e. The summed E-state index contributed by atoms with van der Waals surface area (Å²) < 4.78 is 5.00. The lowest BCUT2D eigenvalue weighted by molar-refractivity contribution is 0.148. The van der Waals surface area contributed by atoms with Crippen molar-refractivity contribution in [3.8, 4) is 0 Å². The fraction of sp³-hybridized carbons (Fsp3) is 0.800. The zero-order chi connectivity index (χ0) is 10.6. The first-order chi connectivity index (χ1) is 6.51. The van der Waals surface area contributed by atoms with Crippen LogP contribution >= 0.6 is 0 Å². The first kappa shape index (κ1) is 11.3. The van der Waals surface area contributed by atoms with Crippen LogP contribution in [0.2, 0.25) is 0 Å². The average molecular weight is 199 g/mol. The van der Waals surface area contributed by atoms with Crippen LogP contribution in [0.3, 0.4) is 0 Å². The van der Waals surface area contributed by atoms with Crippen LogP contribution in [0.5, 0.6) is 0 Å². The van der Waals surface area contributed by atoms with Crippen molar-refractivity contribution >= 4 is 0 Å². The Balaban J connectivity index is 2.35. The van der Waals surface area contributed by atoms with E-state index in [1.54, 1.807) is 7.11 Å². The van der Waals surface area contributed by atoms with Crippen LogP contribution in [0, 0.1) is 5.41 Å². The highest BCUT2D eigenvalue weighted by molar-refractivity contribution is 5.03. The first-order valence-electron chi connectivity index (χ1n) is 4.99. The highest BCUT2D eigenvalue weighted by Crippen LogP contribution is 2.23. The zero-order valence-electron chi connectivity index (χ0n) is 9.55. The van der Waals surface area contributed by atoms with E-state index in [0.29, 0.717) is 5.41 Å². The monoisotopic (exact) mass is 199 g/mol. The van der Waals surface area contributed by atoms with Crippen molar-refractivity contribution in [2.24, 2.45) is 5.41 Å². The van der Waals surface area contributed by atoms with Crippen LogP contribution < -0.4 is 11.0 Å². The van der Waals surface area contributed by atoms with Gasteiger partial charge in [-0.05, 0) is 11.8 Å². The van der Waals surface area contributed by atoms with Crippen LogP contribution in [0.15, 0.2) is 11.9 Å². The smallest absolute Gasteiger partial charge is 0.0654 e. The number of nitrogens with zero attached hydrogens (tertiary/aromatic N) is 1. The predicted octanol–water partition coefficient (Wildman–Crippen LogP) is 1.24. The van der Waals surface area contributed by atoms with Crippen LogP contribution in [0.25, 0.3) is 0 Å². The van der Waals surface area contributed by atoms with E-state index in [1.807, 2.05) is 5.01 Å². The highest BCUT2D eigenvalue weighted by Gasteiger charge is 2.17. The molecule has 14 heavy (non-hydrogen) atoms. The standard InChI is InChI=1S/C10H21N3O/c1-10(2,3)7-9-8-13(12-11-9)5-6-14-4/h8,11-12H,5-7H2,1-4H3. The summed E-state index contributed by atoms with van der Waals surface area (Å²) in [5, 5.41) is 2.00. The Labute approximate surface area is 86.2 Å². The molecule has 0 fully saturated rings. The van der Waals surface area contributed by atoms with Gasteiger partial charge in [0.25, 0.3) is 0 Å². The van der Waals surface area contributed by atoms with Crippen molar-refractivity contribution in [3.05, 3.63) is 11.9 Å². The fourth-order valence-electron chi connectivity index (χ4n) is 1.37. The van der Waals surface area contributed by atoms with Gasteiger partial charge >= 0.3 is 0 Å². The Morgan fingerprint density at radius 2 is 2.14 bits per heavy atom. The minimum absolute atomic E-state index is 0.317. The molecule has 0 aliphatic carbocycles. The Morgan fingerprint density at radius 3 is 2.71 bits per heavy atom. The van der Waals surface area contributed by atoms with E-state index in [2.05, 4.69) is 37.9 Å². The Morgan fingerprint density at radius 1 is 1.43 bits per heavy atom. The predicted molar refractivity (Wildman–Crippen MR) is 57.0 cm³/mol. The van der Waals surface area contributed by atoms with Gasteiger partial charge in [-0.3, -0.25) is 5.01 Å². The van der Waals surface area contributed by atoms with Crippen LogP contribution in [0.1, 0.15) is 27.2 Å². The van der Waals surface area contributed by atoms with Crippen molar-refractivity contribution in [1.29, 1.82) is 0 Å². The van der Waals surface area contributed by atoms with Crippen molar-refractivity contribution in [3.63, 3.8) is 0 Å². The summed E-state index contributed by atoms with van der Waals surface area (Å²) in [6.45, 7) is 8.28. The number of hydrogen-bond acceptors (Lipinski definition) is 4. The number of nitrogens with one attached hydrogen (secondary N) is 2. The van der Waals surface area contributed by atoms with Crippen molar-refractivity contribution in [2.75, 3.05) is 20.3 Å². The molecule has 0 unspecified atom stereocenters. The summed E-state index contributed by atoms with van der Waals surface area (Å²) in [6.07, 6.45) is 3.15. The van der Waals surface area contributed by atoms with Crippen molar-refractivity contribution in [1.82, 2.24) is 16.0 Å². The third-order valence-corrected chi connectivity index (χ3v) is 1.93. The molecule has 0 aromatic rings. The molecule has 0 atom stereocenters. The first-order valence-corrected chi connectivity index (χ1v) is 4.99. The van der Waals surface area contributed by atoms with Gasteiger partial charge in [0.15, 0.2) is 0 Å². The van der Waals surface area contributed by atoms with Crippen molar-refractivity contribution < 1.29 is 4.74 Å². The van der Waals surface area contributed by atoms with E-state index < -0.39 is 0 Å². The number of methoxy groups -OCH3 is 1. The summed E-state index contributed by atoms with van der Waals surface area (Å²) in [5.74, 6) is 0. The lowest BCUT2D eigenvalue weighted by Crippen LogP contribution is -2.38. The molecule has 1 aliphatic heterocycles. The summed E-state index contributed by atoms with van der Waals surface area (Å²) in [6, 6.07) is 0. The second-order valence-electron chi connectivity index (χ2n) is 4.81. The molecule has 0 saturated carbocycles. The number of allylic oxidation sites excluding steroid dienone is 1. The quantitative estimate of drug-likeness (QED) is 0.714. The molecular weight excluding hydrogens is 178 g/mol. The lowest BCUT2D eigenvalue weighted by atomic mass is 9.91. The van der Waals surface area contributed by atoms with Crippen LogP contribution in [-0.4, -0.2) is 25.3 Å². The Bertz CT molecular complexity index is 208. The molecule has 2 N–H and O–H groups in total. The molecule has 0 aromatic carbocycles. The fourth-order valence-corrected chi connectivity index (χ4v) is 1.37. The van der Waals surface area contributed by atoms with Crippen molar-refractivity contribution in [2.45, 2.75) is 27.2 Å². The second-order valence-corrected chi connectivity index (χ2v) is 4.81. The van der Waals surface area contributed by atoms with Gasteiger partial charge in [0.2, 0.25) is 0 Å². The van der Waals surface area contributed by atoms with E-state index in [0.717, 1.165) is 19.6 Å². The molecule has 0 spiro atoms. The van der Waals surface area contributed by atoms with Gasteiger partial charge in [0, 0.05) is 19.0 Å². The minimum Gasteiger partial charge on any atom is -0.383 e. The molecule has 82 valence electrons. The molecule has 4 heteroatoms. The van der Waals surface area contributed by atoms with Gasteiger partial charge in [-0.1, -0.05) is 20.8 Å². The molecule has 1 rings (SSSR count). The molecule has 0 saturated heterocycles. The summed E-state index contributed by atoms with van der Waals surface area (Å²) >= 11 is 0. The molecule has 0 aromatic heterocycles. The topological polar surface area (TPSA) is 36.5 Å². The highest BCUT2D eigenvalue weighted by atomic mass is 16.5. The molecule has 4 nitrogen and oxygen atoms in total. The third kappa shape index (κ3) is 3.98. The largest absolute Gasteiger partial charge is 0.383 e. The van der Waals surface area contributed by atoms with Gasteiger partial charge in [-0.25, -0.2) is 0 Å². The van der Waals surface area contributed by atoms with Gasteiger partial charge < -0.3 is 10.2 Å². The number of hydrazine groups is 2. The lowest BCUT2D eigenvalue weighted by Gasteiger charge is -2.18. The van der Waals surface area contributed by atoms with E-state index >= 15 is 0 Å².